The number of carboxylic acids is 1. The number of aryl methyl sites for hydroxylation is 1. The van der Waals surface area contributed by atoms with Gasteiger partial charge in [0.1, 0.15) is 11.4 Å². The Balaban J connectivity index is 2.62. The monoisotopic (exact) mass is 260 g/mol. The molecule has 2 aromatic rings. The van der Waals surface area contributed by atoms with Crippen LogP contribution < -0.4 is 4.74 Å². The third-order valence-electron chi connectivity index (χ3n) is 3.31. The molecule has 0 bridgehead atoms. The topological polar surface area (TPSA) is 64.3 Å². The molecule has 0 unspecified atom stereocenters. The fourth-order valence-corrected chi connectivity index (χ4v) is 1.94. The van der Waals surface area contributed by atoms with Crippen molar-refractivity contribution in [3.8, 4) is 11.4 Å². The maximum Gasteiger partial charge on any atom is 0.335 e. The van der Waals surface area contributed by atoms with E-state index in [2.05, 4.69) is 5.10 Å². The van der Waals surface area contributed by atoms with E-state index in [9.17, 15) is 4.79 Å². The summed E-state index contributed by atoms with van der Waals surface area (Å²) < 4.78 is 7.04. The second-order valence-corrected chi connectivity index (χ2v) is 4.40. The van der Waals surface area contributed by atoms with Crippen molar-refractivity contribution in [1.82, 2.24) is 9.78 Å². The Hall–Kier alpha value is -2.30. The Labute approximate surface area is 111 Å². The molecule has 1 heterocycles. The van der Waals surface area contributed by atoms with Crippen LogP contribution in [0.4, 0.5) is 0 Å². The first-order chi connectivity index (χ1) is 8.95. The largest absolute Gasteiger partial charge is 0.494 e. The van der Waals surface area contributed by atoms with Crippen LogP contribution >= 0.6 is 0 Å². The van der Waals surface area contributed by atoms with Crippen LogP contribution in [-0.2, 0) is 0 Å². The summed E-state index contributed by atoms with van der Waals surface area (Å²) in [5.74, 6) is -0.486. The molecule has 0 atom stereocenters. The molecule has 2 rings (SSSR count). The molecule has 100 valence electrons. The van der Waals surface area contributed by atoms with Gasteiger partial charge in [-0.2, -0.15) is 5.10 Å². The van der Waals surface area contributed by atoms with Crippen molar-refractivity contribution >= 4 is 5.97 Å². The van der Waals surface area contributed by atoms with Gasteiger partial charge in [0.05, 0.1) is 18.4 Å². The molecule has 0 aliphatic carbocycles. The fraction of sp³-hybridized carbons (Fsp3) is 0.286. The Bertz CT molecular complexity index is 644. The molecule has 1 N–H and O–H groups in total. The van der Waals surface area contributed by atoms with Crippen LogP contribution in [0.25, 0.3) is 5.69 Å². The van der Waals surface area contributed by atoms with Crippen molar-refractivity contribution < 1.29 is 14.6 Å². The number of hydrogen-bond acceptors (Lipinski definition) is 3. The average Bonchev–Trinajstić information content (AvgIpc) is 2.65. The second kappa shape index (κ2) is 4.76. The Morgan fingerprint density at radius 1 is 1.32 bits per heavy atom. The third kappa shape index (κ3) is 2.19. The zero-order valence-corrected chi connectivity index (χ0v) is 11.4. The summed E-state index contributed by atoms with van der Waals surface area (Å²) in [6.45, 7) is 5.92. The zero-order chi connectivity index (χ0) is 14.2. The number of aromatic nitrogens is 2. The van der Waals surface area contributed by atoms with Gasteiger partial charge in [-0.25, -0.2) is 9.48 Å². The summed E-state index contributed by atoms with van der Waals surface area (Å²) in [5.41, 5.74) is 4.00. The van der Waals surface area contributed by atoms with Gasteiger partial charge in [-0.15, -0.1) is 0 Å². The molecule has 19 heavy (non-hydrogen) atoms. The molecule has 0 fully saturated rings. The highest BCUT2D eigenvalue weighted by Crippen LogP contribution is 2.26. The first kappa shape index (κ1) is 13.1. The summed E-state index contributed by atoms with van der Waals surface area (Å²) in [5, 5.41) is 13.4. The van der Waals surface area contributed by atoms with Crippen molar-refractivity contribution in [2.75, 3.05) is 7.11 Å². The summed E-state index contributed by atoms with van der Waals surface area (Å²) in [6.07, 6.45) is 0. The van der Waals surface area contributed by atoms with Gasteiger partial charge in [0, 0.05) is 5.69 Å². The number of benzene rings is 1. The SMILES string of the molecule is COc1cc(C(=O)O)ccc1-n1nc(C)c(C)c1C. The van der Waals surface area contributed by atoms with E-state index in [1.165, 1.54) is 13.2 Å². The standard InChI is InChI=1S/C14H16N2O3/c1-8-9(2)15-16(10(8)3)12-6-5-11(14(17)18)7-13(12)19-4/h5-7H,1-4H3,(H,17,18). The fourth-order valence-electron chi connectivity index (χ4n) is 1.94. The van der Waals surface area contributed by atoms with Gasteiger partial charge in [0.25, 0.3) is 0 Å². The van der Waals surface area contributed by atoms with Gasteiger partial charge < -0.3 is 9.84 Å². The summed E-state index contributed by atoms with van der Waals surface area (Å²) in [7, 11) is 1.52. The molecule has 0 spiro atoms. The number of ether oxygens (including phenoxy) is 1. The van der Waals surface area contributed by atoms with E-state index in [0.29, 0.717) is 5.75 Å². The molecule has 0 saturated heterocycles. The molecule has 0 saturated carbocycles. The van der Waals surface area contributed by atoms with E-state index < -0.39 is 5.97 Å². The van der Waals surface area contributed by atoms with Crippen molar-refractivity contribution in [3.05, 3.63) is 40.7 Å². The highest BCUT2D eigenvalue weighted by Gasteiger charge is 2.15. The number of methoxy groups -OCH3 is 1. The van der Waals surface area contributed by atoms with Gasteiger partial charge in [-0.1, -0.05) is 0 Å². The summed E-state index contributed by atoms with van der Waals surface area (Å²) in [4.78, 5) is 11.0. The molecule has 1 aromatic heterocycles. The van der Waals surface area contributed by atoms with Crippen molar-refractivity contribution in [2.45, 2.75) is 20.8 Å². The van der Waals surface area contributed by atoms with Crippen molar-refractivity contribution in [3.63, 3.8) is 0 Å². The van der Waals surface area contributed by atoms with E-state index in [1.54, 1.807) is 16.8 Å². The van der Waals surface area contributed by atoms with E-state index in [4.69, 9.17) is 9.84 Å². The van der Waals surface area contributed by atoms with Gasteiger partial charge in [-0.3, -0.25) is 0 Å². The van der Waals surface area contributed by atoms with Gasteiger partial charge in [-0.05, 0) is 44.5 Å². The normalized spacial score (nSPS) is 10.5. The van der Waals surface area contributed by atoms with E-state index in [1.807, 2.05) is 20.8 Å². The predicted molar refractivity (Wildman–Crippen MR) is 71.3 cm³/mol. The quantitative estimate of drug-likeness (QED) is 0.920. The maximum absolute atomic E-state index is 11.0. The summed E-state index contributed by atoms with van der Waals surface area (Å²) in [6, 6.07) is 4.76. The lowest BCUT2D eigenvalue weighted by Gasteiger charge is -2.11. The van der Waals surface area contributed by atoms with E-state index in [0.717, 1.165) is 22.6 Å². The van der Waals surface area contributed by atoms with Crippen LogP contribution in [-0.4, -0.2) is 28.0 Å². The molecule has 0 amide bonds. The molecule has 5 nitrogen and oxygen atoms in total. The molecule has 0 aliphatic rings. The molecule has 1 aromatic carbocycles. The Kier molecular flexibility index (Phi) is 3.29. The number of carbonyl (C=O) groups is 1. The number of aromatic carboxylic acids is 1. The van der Waals surface area contributed by atoms with Gasteiger partial charge in [0.2, 0.25) is 0 Å². The molecular formula is C14H16N2O3. The lowest BCUT2D eigenvalue weighted by atomic mass is 10.2. The van der Waals surface area contributed by atoms with Crippen LogP contribution in [0, 0.1) is 20.8 Å². The minimum absolute atomic E-state index is 0.193. The van der Waals surface area contributed by atoms with Crippen LogP contribution in [0.15, 0.2) is 18.2 Å². The molecular weight excluding hydrogens is 244 g/mol. The number of nitrogens with zero attached hydrogens (tertiary/aromatic N) is 2. The van der Waals surface area contributed by atoms with Crippen LogP contribution in [0.3, 0.4) is 0 Å². The van der Waals surface area contributed by atoms with Gasteiger partial charge >= 0.3 is 5.97 Å². The first-order valence-electron chi connectivity index (χ1n) is 5.90. The Morgan fingerprint density at radius 3 is 2.47 bits per heavy atom. The lowest BCUT2D eigenvalue weighted by Crippen LogP contribution is -2.04. The maximum atomic E-state index is 11.0. The Morgan fingerprint density at radius 2 is 2.00 bits per heavy atom. The minimum Gasteiger partial charge on any atom is -0.494 e. The first-order valence-corrected chi connectivity index (χ1v) is 5.90. The third-order valence-corrected chi connectivity index (χ3v) is 3.31. The highest BCUT2D eigenvalue weighted by molar-refractivity contribution is 5.88. The van der Waals surface area contributed by atoms with Crippen LogP contribution in [0.1, 0.15) is 27.3 Å². The highest BCUT2D eigenvalue weighted by atomic mass is 16.5. The van der Waals surface area contributed by atoms with Crippen molar-refractivity contribution in [1.29, 1.82) is 0 Å². The van der Waals surface area contributed by atoms with Crippen molar-refractivity contribution in [2.24, 2.45) is 0 Å². The average molecular weight is 260 g/mol. The molecule has 5 heteroatoms. The van der Waals surface area contributed by atoms with Gasteiger partial charge in [0.15, 0.2) is 0 Å². The lowest BCUT2D eigenvalue weighted by molar-refractivity contribution is 0.0696. The zero-order valence-electron chi connectivity index (χ0n) is 11.4. The van der Waals surface area contributed by atoms with Crippen LogP contribution in [0.5, 0.6) is 5.75 Å². The minimum atomic E-state index is -0.977. The number of hydrogen-bond donors (Lipinski definition) is 1. The second-order valence-electron chi connectivity index (χ2n) is 4.40. The number of carboxylic acid groups (broad SMARTS) is 1. The smallest absolute Gasteiger partial charge is 0.335 e. The number of rotatable bonds is 3. The van der Waals surface area contributed by atoms with E-state index in [-0.39, 0.29) is 5.56 Å². The summed E-state index contributed by atoms with van der Waals surface area (Å²) >= 11 is 0. The molecule has 0 radical (unpaired) electrons. The van der Waals surface area contributed by atoms with E-state index >= 15 is 0 Å². The molecule has 0 aliphatic heterocycles. The van der Waals surface area contributed by atoms with Crippen LogP contribution in [0.2, 0.25) is 0 Å². The predicted octanol–water partition coefficient (Wildman–Crippen LogP) is 2.50.